The van der Waals surface area contributed by atoms with Gasteiger partial charge in [0.1, 0.15) is 48.0 Å². The number of carbonyl (C=O) groups is 10. The van der Waals surface area contributed by atoms with Crippen molar-refractivity contribution in [1.82, 2.24) is 42.1 Å². The predicted octanol–water partition coefficient (Wildman–Crippen LogP) is -3.53. The van der Waals surface area contributed by atoms with E-state index in [1.165, 1.54) is 17.0 Å². The second kappa shape index (κ2) is 27.2. The number of carbonyl (C=O) groups excluding carboxylic acids is 10. The van der Waals surface area contributed by atoms with Crippen molar-refractivity contribution >= 4 is 80.7 Å². The Morgan fingerprint density at radius 1 is 0.821 bits per heavy atom. The lowest BCUT2D eigenvalue weighted by Gasteiger charge is -2.31. The van der Waals surface area contributed by atoms with Crippen LogP contribution in [0.3, 0.4) is 0 Å². The van der Waals surface area contributed by atoms with Crippen LogP contribution in [0.1, 0.15) is 71.8 Å². The molecule has 67 heavy (non-hydrogen) atoms. The number of hydrogen-bond donors (Lipinski definition) is 12. The van der Waals surface area contributed by atoms with Gasteiger partial charge in [-0.05, 0) is 61.8 Å². The van der Waals surface area contributed by atoms with E-state index in [1.807, 2.05) is 13.8 Å². The van der Waals surface area contributed by atoms with Crippen LogP contribution in [0.15, 0.2) is 24.3 Å². The normalized spacial score (nSPS) is 24.7. The standard InChI is InChI=1S/C42H66N12O11S2/c1-5-22(4)34-41(64)48-26(12-13-43)37(60)50-29(17-32(45)56)38(61)52-30(20-67-66-19-25(44)35(58)49-28(39(62)53-34)16-23-8-10-24(55)11-9-23)42(65)54-14-6-7-31(54)40(63)51-27(15-21(2)3)36(59)47-18-33(46)57/h8-11,21-22,25-31,34,55H,5-7,12-20,43-44H2,1-4H3,(H2,45,56)(H2,46,57)(H,47,59)(H,48,64)(H,49,58)(H,50,60)(H,51,63)(H,52,61)(H,53,62)/t22?,25-,26-,27-,28-,29-,30-,31-,34-/m0/s1. The second-order valence-electron chi connectivity index (χ2n) is 17.0. The molecule has 1 aromatic carbocycles. The number of hydrogen-bond acceptors (Lipinski definition) is 15. The maximum Gasteiger partial charge on any atom is 0.246 e. The second-order valence-corrected chi connectivity index (χ2v) is 19.5. The molecule has 2 aliphatic rings. The van der Waals surface area contributed by atoms with Gasteiger partial charge in [-0.15, -0.1) is 0 Å². The van der Waals surface area contributed by atoms with Crippen LogP contribution in [0.5, 0.6) is 5.75 Å². The molecule has 2 fully saturated rings. The Labute approximate surface area is 397 Å². The van der Waals surface area contributed by atoms with Gasteiger partial charge in [-0.2, -0.15) is 0 Å². The largest absolute Gasteiger partial charge is 0.508 e. The SMILES string of the molecule is CCC(C)[C@@H]1NC(=O)[C@H](Cc2ccc(O)cc2)NC(=O)[C@@H](N)CSSC[C@@H](C(=O)N2CCC[C@H]2C(=O)N[C@@H](CC(C)C)C(=O)NCC(N)=O)NC(=O)[C@H](CC(N)=O)NC(=O)[C@H](CCN)NC1=O. The average molecular weight is 979 g/mol. The van der Waals surface area contributed by atoms with E-state index in [-0.39, 0.29) is 61.9 Å². The van der Waals surface area contributed by atoms with Crippen LogP contribution < -0.4 is 60.2 Å². The monoisotopic (exact) mass is 978 g/mol. The van der Waals surface area contributed by atoms with Gasteiger partial charge in [0.05, 0.1) is 19.0 Å². The maximum atomic E-state index is 14.5. The van der Waals surface area contributed by atoms with Crippen LogP contribution in [0.25, 0.3) is 0 Å². The van der Waals surface area contributed by atoms with Crippen molar-refractivity contribution in [2.75, 3.05) is 31.1 Å². The zero-order valence-corrected chi connectivity index (χ0v) is 39.8. The summed E-state index contributed by atoms with van der Waals surface area (Å²) in [6, 6.07) is -4.45. The number of aromatic hydroxyl groups is 1. The number of rotatable bonds is 16. The summed E-state index contributed by atoms with van der Waals surface area (Å²) in [5.74, 6) is -8.90. The molecule has 2 saturated heterocycles. The van der Waals surface area contributed by atoms with Gasteiger partial charge in [0.15, 0.2) is 0 Å². The molecular weight excluding hydrogens is 913 g/mol. The molecule has 23 nitrogen and oxygen atoms in total. The molecule has 0 aromatic heterocycles. The number of nitrogens with one attached hydrogen (secondary N) is 7. The highest BCUT2D eigenvalue weighted by Crippen LogP contribution is 2.26. The van der Waals surface area contributed by atoms with Gasteiger partial charge in [0.25, 0.3) is 0 Å². The number of likely N-dealkylation sites (tertiary alicyclic amines) is 1. The molecule has 0 saturated carbocycles. The van der Waals surface area contributed by atoms with Crippen LogP contribution in [0.2, 0.25) is 0 Å². The fourth-order valence-electron chi connectivity index (χ4n) is 7.22. The minimum absolute atomic E-state index is 0.0272. The quantitative estimate of drug-likeness (QED) is 0.0715. The first kappa shape index (κ1) is 55.7. The highest BCUT2D eigenvalue weighted by atomic mass is 33.1. The molecule has 0 radical (unpaired) electrons. The van der Waals surface area contributed by atoms with E-state index in [1.54, 1.807) is 26.0 Å². The number of nitrogens with zero attached hydrogens (tertiary/aromatic N) is 1. The Kier molecular flexibility index (Phi) is 22.6. The first-order valence-electron chi connectivity index (χ1n) is 22.1. The molecule has 372 valence electrons. The van der Waals surface area contributed by atoms with E-state index in [9.17, 15) is 53.1 Å². The van der Waals surface area contributed by atoms with Crippen molar-refractivity contribution in [2.24, 2.45) is 34.8 Å². The summed E-state index contributed by atoms with van der Waals surface area (Å²) < 4.78 is 0. The summed E-state index contributed by atoms with van der Waals surface area (Å²) in [4.78, 5) is 136. The van der Waals surface area contributed by atoms with Crippen molar-refractivity contribution in [3.63, 3.8) is 0 Å². The van der Waals surface area contributed by atoms with Crippen molar-refractivity contribution in [3.8, 4) is 5.75 Å². The Hall–Kier alpha value is -5.66. The summed E-state index contributed by atoms with van der Waals surface area (Å²) in [5.41, 5.74) is 23.4. The molecule has 16 N–H and O–H groups in total. The number of nitrogens with two attached hydrogens (primary N) is 4. The lowest BCUT2D eigenvalue weighted by Crippen LogP contribution is -2.62. The molecule has 0 spiro atoms. The predicted molar refractivity (Wildman–Crippen MR) is 250 cm³/mol. The van der Waals surface area contributed by atoms with Crippen LogP contribution in [-0.2, 0) is 54.4 Å². The zero-order chi connectivity index (χ0) is 50.0. The van der Waals surface area contributed by atoms with E-state index in [4.69, 9.17) is 22.9 Å². The van der Waals surface area contributed by atoms with Gasteiger partial charge in [-0.3, -0.25) is 47.9 Å². The molecule has 0 bridgehead atoms. The zero-order valence-electron chi connectivity index (χ0n) is 38.2. The summed E-state index contributed by atoms with van der Waals surface area (Å²) >= 11 is 0. The molecule has 25 heteroatoms. The average Bonchev–Trinajstić information content (AvgIpc) is 3.77. The van der Waals surface area contributed by atoms with Crippen LogP contribution >= 0.6 is 21.6 Å². The molecule has 3 rings (SSSR count). The van der Waals surface area contributed by atoms with Gasteiger partial charge >= 0.3 is 0 Å². The summed E-state index contributed by atoms with van der Waals surface area (Å²) in [7, 11) is 2.10. The summed E-state index contributed by atoms with van der Waals surface area (Å²) in [5, 5.41) is 27.9. The van der Waals surface area contributed by atoms with E-state index < -0.39 is 126 Å². The third-order valence-electron chi connectivity index (χ3n) is 11.1. The van der Waals surface area contributed by atoms with Crippen molar-refractivity contribution in [3.05, 3.63) is 29.8 Å². The van der Waals surface area contributed by atoms with Crippen LogP contribution in [0.4, 0.5) is 0 Å². The fourth-order valence-corrected chi connectivity index (χ4v) is 9.50. The maximum absolute atomic E-state index is 14.5. The molecule has 2 aliphatic heterocycles. The lowest BCUT2D eigenvalue weighted by atomic mass is 9.96. The first-order valence-corrected chi connectivity index (χ1v) is 24.6. The Morgan fingerprint density at radius 2 is 1.43 bits per heavy atom. The molecule has 9 atom stereocenters. The summed E-state index contributed by atoms with van der Waals surface area (Å²) in [6.07, 6.45) is 0.193. The van der Waals surface area contributed by atoms with E-state index >= 15 is 0 Å². The van der Waals surface area contributed by atoms with Crippen molar-refractivity contribution in [2.45, 2.75) is 121 Å². The third-order valence-corrected chi connectivity index (χ3v) is 13.5. The first-order chi connectivity index (χ1) is 31.6. The Morgan fingerprint density at radius 3 is 2.04 bits per heavy atom. The third kappa shape index (κ3) is 17.8. The van der Waals surface area contributed by atoms with Crippen LogP contribution in [-0.4, -0.2) is 149 Å². The topological polar surface area (TPSA) is 382 Å². The lowest BCUT2D eigenvalue weighted by molar-refractivity contribution is -0.142. The number of phenols is 1. The van der Waals surface area contributed by atoms with Gasteiger partial charge in [0, 0.05) is 24.5 Å². The molecule has 10 amide bonds. The highest BCUT2D eigenvalue weighted by Gasteiger charge is 2.41. The van der Waals surface area contributed by atoms with Gasteiger partial charge < -0.3 is 70.2 Å². The van der Waals surface area contributed by atoms with Crippen LogP contribution in [0, 0.1) is 11.8 Å². The fraction of sp³-hybridized carbons (Fsp3) is 0.619. The van der Waals surface area contributed by atoms with E-state index in [0.29, 0.717) is 18.4 Å². The minimum Gasteiger partial charge on any atom is -0.508 e. The van der Waals surface area contributed by atoms with Gasteiger partial charge in [-0.25, -0.2) is 0 Å². The number of phenolic OH excluding ortho intramolecular Hbond substituents is 1. The molecule has 0 aliphatic carbocycles. The molecule has 1 aromatic rings. The summed E-state index contributed by atoms with van der Waals surface area (Å²) in [6.45, 7) is 6.61. The Balaban J connectivity index is 2.02. The highest BCUT2D eigenvalue weighted by molar-refractivity contribution is 8.76. The van der Waals surface area contributed by atoms with Gasteiger partial charge in [0.2, 0.25) is 59.1 Å². The Bertz CT molecular complexity index is 1950. The van der Waals surface area contributed by atoms with Crippen molar-refractivity contribution < 1.29 is 53.1 Å². The number of benzene rings is 1. The van der Waals surface area contributed by atoms with Gasteiger partial charge in [-0.1, -0.05) is 67.8 Å². The smallest absolute Gasteiger partial charge is 0.246 e. The minimum atomic E-state index is -1.67. The number of amides is 10. The molecule has 2 heterocycles. The van der Waals surface area contributed by atoms with E-state index in [0.717, 1.165) is 21.6 Å². The van der Waals surface area contributed by atoms with Crippen molar-refractivity contribution in [1.29, 1.82) is 0 Å². The van der Waals surface area contributed by atoms with E-state index in [2.05, 4.69) is 37.2 Å². The molecule has 1 unspecified atom stereocenters. The molecular formula is C42H66N12O11S2. The number of primary amides is 2.